The Hall–Kier alpha value is -3.67. The Labute approximate surface area is 149 Å². The van der Waals surface area contributed by atoms with Gasteiger partial charge in [0.2, 0.25) is 0 Å². The van der Waals surface area contributed by atoms with Gasteiger partial charge in [0, 0.05) is 17.7 Å². The molecule has 0 amide bonds. The zero-order valence-corrected chi connectivity index (χ0v) is 13.9. The Balaban J connectivity index is 2.08. The van der Waals surface area contributed by atoms with Gasteiger partial charge in [0.05, 0.1) is 17.6 Å². The highest BCUT2D eigenvalue weighted by molar-refractivity contribution is 5.88. The maximum Gasteiger partial charge on any atom is 0.335 e. The van der Waals surface area contributed by atoms with E-state index < -0.39 is 10.9 Å². The lowest BCUT2D eigenvalue weighted by atomic mass is 9.97. The normalized spacial score (nSPS) is 10.3. The van der Waals surface area contributed by atoms with E-state index in [1.807, 2.05) is 12.1 Å². The van der Waals surface area contributed by atoms with E-state index in [0.717, 1.165) is 16.7 Å². The van der Waals surface area contributed by atoms with Gasteiger partial charge in [-0.2, -0.15) is 0 Å². The smallest absolute Gasteiger partial charge is 0.335 e. The average molecular weight is 349 g/mol. The fourth-order valence-electron chi connectivity index (χ4n) is 2.71. The Kier molecular flexibility index (Phi) is 4.66. The minimum Gasteiger partial charge on any atom is -0.496 e. The Morgan fingerprint density at radius 2 is 1.65 bits per heavy atom. The minimum absolute atomic E-state index is 0.000710. The first-order valence-electron chi connectivity index (χ1n) is 7.76. The number of rotatable bonds is 5. The molecular formula is C20H15NO5. The van der Waals surface area contributed by atoms with Crippen molar-refractivity contribution in [1.82, 2.24) is 0 Å². The summed E-state index contributed by atoms with van der Waals surface area (Å²) in [7, 11) is 1.54. The summed E-state index contributed by atoms with van der Waals surface area (Å²) in [6.07, 6.45) is 0. The predicted molar refractivity (Wildman–Crippen MR) is 97.5 cm³/mol. The lowest BCUT2D eigenvalue weighted by Gasteiger charge is -2.11. The number of hydrogen-bond acceptors (Lipinski definition) is 4. The largest absolute Gasteiger partial charge is 0.496 e. The number of nitro benzene ring substituents is 1. The lowest BCUT2D eigenvalue weighted by Crippen LogP contribution is -1.95. The number of methoxy groups -OCH3 is 1. The van der Waals surface area contributed by atoms with Crippen LogP contribution in [-0.4, -0.2) is 23.1 Å². The van der Waals surface area contributed by atoms with E-state index in [-0.39, 0.29) is 11.3 Å². The number of ether oxygens (including phenoxy) is 1. The first-order chi connectivity index (χ1) is 12.5. The van der Waals surface area contributed by atoms with Crippen LogP contribution in [-0.2, 0) is 0 Å². The van der Waals surface area contributed by atoms with Crippen LogP contribution in [0.25, 0.3) is 22.3 Å². The summed E-state index contributed by atoms with van der Waals surface area (Å²) >= 11 is 0. The number of nitrogens with zero attached hydrogens (tertiary/aromatic N) is 1. The molecule has 0 aromatic heterocycles. The molecule has 0 atom stereocenters. The van der Waals surface area contributed by atoms with Crippen molar-refractivity contribution in [3.8, 4) is 28.0 Å². The molecule has 3 aromatic carbocycles. The SMILES string of the molecule is COc1ccc(-c2ccc(C(=O)O)cc2)cc1-c1cccc([N+](=O)[O-])c1. The van der Waals surface area contributed by atoms with Gasteiger partial charge in [-0.3, -0.25) is 10.1 Å². The first-order valence-corrected chi connectivity index (χ1v) is 7.76. The molecule has 0 unspecified atom stereocenters. The molecular weight excluding hydrogens is 334 g/mol. The summed E-state index contributed by atoms with van der Waals surface area (Å²) in [6.45, 7) is 0. The molecule has 1 N–H and O–H groups in total. The van der Waals surface area contributed by atoms with Crippen molar-refractivity contribution in [3.63, 3.8) is 0 Å². The number of hydrogen-bond donors (Lipinski definition) is 1. The van der Waals surface area contributed by atoms with Gasteiger partial charge in [0.15, 0.2) is 0 Å². The maximum absolute atomic E-state index is 11.0. The molecule has 26 heavy (non-hydrogen) atoms. The number of carboxylic acids is 1. The lowest BCUT2D eigenvalue weighted by molar-refractivity contribution is -0.384. The van der Waals surface area contributed by atoms with Crippen LogP contribution in [0.2, 0.25) is 0 Å². The number of carbonyl (C=O) groups is 1. The molecule has 3 aromatic rings. The van der Waals surface area contributed by atoms with Crippen LogP contribution in [0, 0.1) is 10.1 Å². The van der Waals surface area contributed by atoms with Gasteiger partial charge in [-0.1, -0.05) is 30.3 Å². The van der Waals surface area contributed by atoms with Crippen LogP contribution in [0.15, 0.2) is 66.7 Å². The van der Waals surface area contributed by atoms with Crippen molar-refractivity contribution in [2.45, 2.75) is 0 Å². The van der Waals surface area contributed by atoms with Crippen LogP contribution in [0.5, 0.6) is 5.75 Å². The Morgan fingerprint density at radius 3 is 2.27 bits per heavy atom. The predicted octanol–water partition coefficient (Wildman–Crippen LogP) is 4.64. The van der Waals surface area contributed by atoms with Gasteiger partial charge in [0.1, 0.15) is 5.75 Å². The molecule has 0 bridgehead atoms. The number of benzene rings is 3. The van der Waals surface area contributed by atoms with E-state index >= 15 is 0 Å². The summed E-state index contributed by atoms with van der Waals surface area (Å²) in [5.74, 6) is -0.389. The van der Waals surface area contributed by atoms with Crippen LogP contribution in [0.1, 0.15) is 10.4 Å². The molecule has 0 heterocycles. The number of nitro groups is 1. The van der Waals surface area contributed by atoms with Gasteiger partial charge in [-0.25, -0.2) is 4.79 Å². The molecule has 0 radical (unpaired) electrons. The van der Waals surface area contributed by atoms with E-state index in [0.29, 0.717) is 11.3 Å². The van der Waals surface area contributed by atoms with Gasteiger partial charge in [-0.15, -0.1) is 0 Å². The molecule has 0 spiro atoms. The zero-order chi connectivity index (χ0) is 18.7. The van der Waals surface area contributed by atoms with Crippen molar-refractivity contribution in [3.05, 3.63) is 82.4 Å². The second kappa shape index (κ2) is 7.06. The number of aromatic carboxylic acids is 1. The third-order valence-corrected chi connectivity index (χ3v) is 4.03. The first kappa shape index (κ1) is 17.2. The molecule has 0 saturated heterocycles. The molecule has 0 saturated carbocycles. The number of carboxylic acid groups (broad SMARTS) is 1. The van der Waals surface area contributed by atoms with E-state index in [1.165, 1.54) is 31.4 Å². The summed E-state index contributed by atoms with van der Waals surface area (Å²) in [6, 6.07) is 18.4. The third-order valence-electron chi connectivity index (χ3n) is 4.03. The summed E-state index contributed by atoms with van der Waals surface area (Å²) in [5.41, 5.74) is 3.28. The van der Waals surface area contributed by atoms with Gasteiger partial charge in [-0.05, 0) is 41.0 Å². The summed E-state index contributed by atoms with van der Waals surface area (Å²) < 4.78 is 5.39. The standard InChI is InChI=1S/C20H15NO5/c1-26-19-10-9-15(13-5-7-14(8-6-13)20(22)23)12-18(19)16-3-2-4-17(11-16)21(24)25/h2-12H,1H3,(H,22,23). The van der Waals surface area contributed by atoms with Gasteiger partial charge >= 0.3 is 5.97 Å². The molecule has 6 nitrogen and oxygen atoms in total. The highest BCUT2D eigenvalue weighted by Gasteiger charge is 2.12. The molecule has 3 rings (SSSR count). The monoisotopic (exact) mass is 349 g/mol. The van der Waals surface area contributed by atoms with Crippen molar-refractivity contribution in [2.24, 2.45) is 0 Å². The number of non-ortho nitro benzene ring substituents is 1. The molecule has 0 aliphatic rings. The highest BCUT2D eigenvalue weighted by Crippen LogP contribution is 2.35. The molecule has 0 aliphatic carbocycles. The molecule has 0 fully saturated rings. The second-order valence-corrected chi connectivity index (χ2v) is 5.61. The summed E-state index contributed by atoms with van der Waals surface area (Å²) in [4.78, 5) is 21.6. The van der Waals surface area contributed by atoms with E-state index in [4.69, 9.17) is 9.84 Å². The van der Waals surface area contributed by atoms with Gasteiger partial charge in [0.25, 0.3) is 5.69 Å². The van der Waals surface area contributed by atoms with Crippen LogP contribution < -0.4 is 4.74 Å². The second-order valence-electron chi connectivity index (χ2n) is 5.61. The average Bonchev–Trinajstić information content (AvgIpc) is 2.67. The fraction of sp³-hybridized carbons (Fsp3) is 0.0500. The Bertz CT molecular complexity index is 980. The van der Waals surface area contributed by atoms with E-state index in [2.05, 4.69) is 0 Å². The zero-order valence-electron chi connectivity index (χ0n) is 13.9. The van der Waals surface area contributed by atoms with Crippen LogP contribution in [0.3, 0.4) is 0 Å². The molecule has 0 aliphatic heterocycles. The van der Waals surface area contributed by atoms with Crippen molar-refractivity contribution < 1.29 is 19.6 Å². The summed E-state index contributed by atoms with van der Waals surface area (Å²) in [5, 5.41) is 20.0. The van der Waals surface area contributed by atoms with Crippen LogP contribution in [0.4, 0.5) is 5.69 Å². The fourth-order valence-corrected chi connectivity index (χ4v) is 2.71. The van der Waals surface area contributed by atoms with Crippen molar-refractivity contribution >= 4 is 11.7 Å². The van der Waals surface area contributed by atoms with E-state index in [9.17, 15) is 14.9 Å². The van der Waals surface area contributed by atoms with Crippen molar-refractivity contribution in [2.75, 3.05) is 7.11 Å². The van der Waals surface area contributed by atoms with Crippen molar-refractivity contribution in [1.29, 1.82) is 0 Å². The molecule has 130 valence electrons. The van der Waals surface area contributed by atoms with Crippen LogP contribution >= 0.6 is 0 Å². The minimum atomic E-state index is -0.983. The quantitative estimate of drug-likeness (QED) is 0.535. The highest BCUT2D eigenvalue weighted by atomic mass is 16.6. The molecule has 6 heteroatoms. The third kappa shape index (κ3) is 3.39. The van der Waals surface area contributed by atoms with E-state index in [1.54, 1.807) is 30.3 Å². The maximum atomic E-state index is 11.0. The van der Waals surface area contributed by atoms with Gasteiger partial charge < -0.3 is 9.84 Å². The Morgan fingerprint density at radius 1 is 0.962 bits per heavy atom. The topological polar surface area (TPSA) is 89.7 Å².